The van der Waals surface area contributed by atoms with Crippen LogP contribution >= 0.6 is 0 Å². The quantitative estimate of drug-likeness (QED) is 0.820. The van der Waals surface area contributed by atoms with Gasteiger partial charge in [-0.3, -0.25) is 4.79 Å². The summed E-state index contributed by atoms with van der Waals surface area (Å²) in [7, 11) is 0. The predicted molar refractivity (Wildman–Crippen MR) is 94.2 cm³/mol. The first-order valence-corrected chi connectivity index (χ1v) is 8.03. The van der Waals surface area contributed by atoms with E-state index in [0.29, 0.717) is 19.4 Å². The van der Waals surface area contributed by atoms with Crippen molar-refractivity contribution in [1.29, 1.82) is 0 Å². The first-order chi connectivity index (χ1) is 11.4. The molecule has 2 aromatic rings. The number of hydrogen-bond acceptors (Lipinski definition) is 2. The molecule has 2 N–H and O–H groups in total. The maximum Gasteiger partial charge on any atom is 0.335 e. The Labute approximate surface area is 142 Å². The first kappa shape index (κ1) is 17.7. The molecule has 0 unspecified atom stereocenters. The molecule has 0 fully saturated rings. The maximum atomic E-state index is 12.2. The molecule has 0 aromatic heterocycles. The zero-order valence-corrected chi connectivity index (χ0v) is 14.1. The third-order valence-corrected chi connectivity index (χ3v) is 4.09. The first-order valence-electron chi connectivity index (χ1n) is 8.03. The number of carbonyl (C=O) groups is 2. The molecule has 0 bridgehead atoms. The van der Waals surface area contributed by atoms with Gasteiger partial charge in [-0.1, -0.05) is 56.3 Å². The fourth-order valence-electron chi connectivity index (χ4n) is 2.62. The van der Waals surface area contributed by atoms with Gasteiger partial charge >= 0.3 is 5.97 Å². The standard InChI is InChI=1S/C20H23NO3/c1-20(2,17-6-4-3-5-7-17)14-18(22)21-13-12-15-8-10-16(11-9-15)19(23)24/h3-11H,12-14H2,1-2H3,(H,21,22)(H,23,24). The van der Waals surface area contributed by atoms with Gasteiger partial charge in [-0.15, -0.1) is 0 Å². The van der Waals surface area contributed by atoms with Gasteiger partial charge in [0.1, 0.15) is 0 Å². The van der Waals surface area contributed by atoms with Gasteiger partial charge in [-0.2, -0.15) is 0 Å². The number of carboxylic acid groups (broad SMARTS) is 1. The Morgan fingerprint density at radius 2 is 1.62 bits per heavy atom. The molecule has 0 aliphatic carbocycles. The van der Waals surface area contributed by atoms with Gasteiger partial charge in [0.15, 0.2) is 0 Å². The summed E-state index contributed by atoms with van der Waals surface area (Å²) in [5, 5.41) is 11.8. The molecule has 0 aliphatic heterocycles. The number of carboxylic acids is 1. The SMILES string of the molecule is CC(C)(CC(=O)NCCc1ccc(C(=O)O)cc1)c1ccccc1. The average molecular weight is 325 g/mol. The van der Waals surface area contributed by atoms with E-state index in [0.717, 1.165) is 11.1 Å². The number of rotatable bonds is 7. The minimum absolute atomic E-state index is 0.0195. The summed E-state index contributed by atoms with van der Waals surface area (Å²) in [6.07, 6.45) is 1.10. The van der Waals surface area contributed by atoms with Crippen molar-refractivity contribution >= 4 is 11.9 Å². The molecule has 0 spiro atoms. The maximum absolute atomic E-state index is 12.2. The average Bonchev–Trinajstić information content (AvgIpc) is 2.55. The third kappa shape index (κ3) is 4.95. The summed E-state index contributed by atoms with van der Waals surface area (Å²) in [5.41, 5.74) is 2.20. The largest absolute Gasteiger partial charge is 0.478 e. The van der Waals surface area contributed by atoms with Crippen molar-refractivity contribution < 1.29 is 14.7 Å². The van der Waals surface area contributed by atoms with Gasteiger partial charge in [-0.05, 0) is 35.1 Å². The van der Waals surface area contributed by atoms with Crippen molar-refractivity contribution in [1.82, 2.24) is 5.32 Å². The van der Waals surface area contributed by atoms with Crippen molar-refractivity contribution in [3.63, 3.8) is 0 Å². The highest BCUT2D eigenvalue weighted by atomic mass is 16.4. The molecule has 0 saturated heterocycles. The Bertz CT molecular complexity index is 691. The fraction of sp³-hybridized carbons (Fsp3) is 0.300. The van der Waals surface area contributed by atoms with E-state index in [2.05, 4.69) is 19.2 Å². The minimum atomic E-state index is -0.932. The van der Waals surface area contributed by atoms with Crippen LogP contribution in [0.2, 0.25) is 0 Å². The highest BCUT2D eigenvalue weighted by Gasteiger charge is 2.23. The van der Waals surface area contributed by atoms with E-state index in [1.54, 1.807) is 24.3 Å². The highest BCUT2D eigenvalue weighted by molar-refractivity contribution is 5.87. The summed E-state index contributed by atoms with van der Waals surface area (Å²) < 4.78 is 0. The topological polar surface area (TPSA) is 66.4 Å². The van der Waals surface area contributed by atoms with Crippen LogP contribution in [0.15, 0.2) is 54.6 Å². The van der Waals surface area contributed by atoms with Crippen molar-refractivity contribution in [3.8, 4) is 0 Å². The van der Waals surface area contributed by atoms with Crippen LogP contribution in [0.1, 0.15) is 41.8 Å². The summed E-state index contributed by atoms with van der Waals surface area (Å²) in [5.74, 6) is -0.913. The Morgan fingerprint density at radius 1 is 1.00 bits per heavy atom. The second-order valence-corrected chi connectivity index (χ2v) is 6.53. The molecule has 4 heteroatoms. The minimum Gasteiger partial charge on any atom is -0.478 e. The number of carbonyl (C=O) groups excluding carboxylic acids is 1. The van der Waals surface area contributed by atoms with Crippen LogP contribution in [0, 0.1) is 0 Å². The second-order valence-electron chi connectivity index (χ2n) is 6.53. The summed E-state index contributed by atoms with van der Waals surface area (Å²) in [6.45, 7) is 4.66. The van der Waals surface area contributed by atoms with Gasteiger partial charge in [0.25, 0.3) is 0 Å². The van der Waals surface area contributed by atoms with Gasteiger partial charge in [-0.25, -0.2) is 4.79 Å². The van der Waals surface area contributed by atoms with Gasteiger partial charge in [0, 0.05) is 13.0 Å². The molecule has 2 rings (SSSR count). The normalized spacial score (nSPS) is 11.1. The number of aromatic carboxylic acids is 1. The zero-order chi connectivity index (χ0) is 17.6. The Morgan fingerprint density at radius 3 is 2.21 bits per heavy atom. The Balaban J connectivity index is 1.82. The van der Waals surface area contributed by atoms with Crippen LogP contribution in [0.25, 0.3) is 0 Å². The van der Waals surface area contributed by atoms with Crippen molar-refractivity contribution in [3.05, 3.63) is 71.3 Å². The van der Waals surface area contributed by atoms with E-state index in [1.807, 2.05) is 30.3 Å². The highest BCUT2D eigenvalue weighted by Crippen LogP contribution is 2.26. The lowest BCUT2D eigenvalue weighted by atomic mass is 9.81. The van der Waals surface area contributed by atoms with Crippen LogP contribution in [-0.2, 0) is 16.6 Å². The van der Waals surface area contributed by atoms with Crippen molar-refractivity contribution in [2.75, 3.05) is 6.54 Å². The lowest BCUT2D eigenvalue weighted by Crippen LogP contribution is -2.32. The van der Waals surface area contributed by atoms with Gasteiger partial charge in [0.05, 0.1) is 5.56 Å². The summed E-state index contributed by atoms with van der Waals surface area (Å²) in [4.78, 5) is 23.0. The van der Waals surface area contributed by atoms with E-state index in [9.17, 15) is 9.59 Å². The van der Waals surface area contributed by atoms with Crippen LogP contribution in [0.3, 0.4) is 0 Å². The van der Waals surface area contributed by atoms with E-state index in [4.69, 9.17) is 5.11 Å². The lowest BCUT2D eigenvalue weighted by Gasteiger charge is -2.24. The third-order valence-electron chi connectivity index (χ3n) is 4.09. The predicted octanol–water partition coefficient (Wildman–Crippen LogP) is 3.41. The summed E-state index contributed by atoms with van der Waals surface area (Å²) >= 11 is 0. The molecule has 1 amide bonds. The molecular weight excluding hydrogens is 302 g/mol. The fourth-order valence-corrected chi connectivity index (χ4v) is 2.62. The van der Waals surface area contributed by atoms with E-state index < -0.39 is 5.97 Å². The van der Waals surface area contributed by atoms with E-state index in [1.165, 1.54) is 0 Å². The molecule has 0 aliphatic rings. The monoisotopic (exact) mass is 325 g/mol. The zero-order valence-electron chi connectivity index (χ0n) is 14.1. The molecule has 4 nitrogen and oxygen atoms in total. The Hall–Kier alpha value is -2.62. The molecule has 126 valence electrons. The van der Waals surface area contributed by atoms with Crippen molar-refractivity contribution in [2.45, 2.75) is 32.1 Å². The number of nitrogens with one attached hydrogen (secondary N) is 1. The molecule has 0 saturated carbocycles. The van der Waals surface area contributed by atoms with Crippen LogP contribution in [0.5, 0.6) is 0 Å². The van der Waals surface area contributed by atoms with Crippen LogP contribution < -0.4 is 5.32 Å². The van der Waals surface area contributed by atoms with Crippen LogP contribution in [0.4, 0.5) is 0 Å². The number of hydrogen-bond donors (Lipinski definition) is 2. The van der Waals surface area contributed by atoms with E-state index in [-0.39, 0.29) is 16.9 Å². The Kier molecular flexibility index (Phi) is 5.74. The lowest BCUT2D eigenvalue weighted by molar-refractivity contribution is -0.122. The number of benzene rings is 2. The van der Waals surface area contributed by atoms with Gasteiger partial charge in [0.2, 0.25) is 5.91 Å². The number of amides is 1. The van der Waals surface area contributed by atoms with Gasteiger partial charge < -0.3 is 10.4 Å². The molecule has 0 heterocycles. The molecular formula is C20H23NO3. The smallest absolute Gasteiger partial charge is 0.335 e. The second kappa shape index (κ2) is 7.77. The van der Waals surface area contributed by atoms with E-state index >= 15 is 0 Å². The molecule has 0 radical (unpaired) electrons. The molecule has 2 aromatic carbocycles. The molecule has 24 heavy (non-hydrogen) atoms. The molecule has 0 atom stereocenters. The van der Waals surface area contributed by atoms with Crippen molar-refractivity contribution in [2.24, 2.45) is 0 Å². The van der Waals surface area contributed by atoms with Crippen LogP contribution in [-0.4, -0.2) is 23.5 Å². The summed E-state index contributed by atoms with van der Waals surface area (Å²) in [6, 6.07) is 16.7.